The minimum Gasteiger partial charge on any atom is -0.311 e. The molecule has 1 spiro atoms. The van der Waals surface area contributed by atoms with Crippen LogP contribution in [0.15, 0.2) is 0 Å². The van der Waals surface area contributed by atoms with Crippen LogP contribution in [0.4, 0.5) is 4.39 Å². The highest BCUT2D eigenvalue weighted by Crippen LogP contribution is 2.35. The molecule has 3 heteroatoms. The Labute approximate surface area is 111 Å². The van der Waals surface area contributed by atoms with E-state index < -0.39 is 0 Å². The third kappa shape index (κ3) is 3.24. The van der Waals surface area contributed by atoms with Crippen LogP contribution in [0.1, 0.15) is 52.4 Å². The number of piperazine rings is 1. The summed E-state index contributed by atoms with van der Waals surface area (Å²) < 4.78 is 12.8. The van der Waals surface area contributed by atoms with Gasteiger partial charge in [-0.2, -0.15) is 0 Å². The molecule has 0 bridgehead atoms. The summed E-state index contributed by atoms with van der Waals surface area (Å²) >= 11 is 0. The van der Waals surface area contributed by atoms with Crippen LogP contribution < -0.4 is 5.32 Å². The SMILES string of the molecule is CC(C)CC1CN(CCF)C2(CCCCC2)CN1. The summed E-state index contributed by atoms with van der Waals surface area (Å²) in [6.45, 7) is 7.09. The average Bonchev–Trinajstić information content (AvgIpc) is 2.35. The van der Waals surface area contributed by atoms with Gasteiger partial charge in [0.1, 0.15) is 6.67 Å². The van der Waals surface area contributed by atoms with Gasteiger partial charge < -0.3 is 5.32 Å². The summed E-state index contributed by atoms with van der Waals surface area (Å²) in [6, 6.07) is 0.559. The Hall–Kier alpha value is -0.150. The quantitative estimate of drug-likeness (QED) is 0.832. The van der Waals surface area contributed by atoms with E-state index in [1.807, 2.05) is 0 Å². The van der Waals surface area contributed by atoms with Gasteiger partial charge >= 0.3 is 0 Å². The fraction of sp³-hybridized carbons (Fsp3) is 1.00. The second kappa shape index (κ2) is 6.33. The number of nitrogens with one attached hydrogen (secondary N) is 1. The standard InChI is InChI=1S/C15H29FN2/c1-13(2)10-14-11-18(9-8-16)15(12-17-14)6-4-3-5-7-15/h13-14,17H,3-12H2,1-2H3. The van der Waals surface area contributed by atoms with Crippen molar-refractivity contribution in [2.75, 3.05) is 26.3 Å². The smallest absolute Gasteiger partial charge is 0.102 e. The Bertz CT molecular complexity index is 249. The van der Waals surface area contributed by atoms with Crippen LogP contribution in [-0.4, -0.2) is 42.8 Å². The molecule has 2 rings (SSSR count). The van der Waals surface area contributed by atoms with Crippen LogP contribution in [0.5, 0.6) is 0 Å². The average molecular weight is 256 g/mol. The molecule has 1 heterocycles. The van der Waals surface area contributed by atoms with Crippen LogP contribution in [0.2, 0.25) is 0 Å². The second-order valence-electron chi connectivity index (χ2n) is 6.63. The highest BCUT2D eigenvalue weighted by Gasteiger charge is 2.41. The first-order valence-electron chi connectivity index (χ1n) is 7.71. The zero-order chi connectivity index (χ0) is 13.0. The van der Waals surface area contributed by atoms with Crippen molar-refractivity contribution >= 4 is 0 Å². The third-order valence-electron chi connectivity index (χ3n) is 4.73. The first-order chi connectivity index (χ1) is 8.66. The Morgan fingerprint density at radius 3 is 2.61 bits per heavy atom. The molecule has 0 radical (unpaired) electrons. The summed E-state index contributed by atoms with van der Waals surface area (Å²) in [5.74, 6) is 0.718. The number of hydrogen-bond acceptors (Lipinski definition) is 2. The van der Waals surface area contributed by atoms with Gasteiger partial charge in [-0.05, 0) is 25.2 Å². The number of halogens is 1. The Kier molecular flexibility index (Phi) is 5.02. The van der Waals surface area contributed by atoms with Crippen molar-refractivity contribution in [1.82, 2.24) is 10.2 Å². The zero-order valence-electron chi connectivity index (χ0n) is 12.1. The minimum atomic E-state index is -0.198. The summed E-state index contributed by atoms with van der Waals surface area (Å²) in [7, 11) is 0. The molecule has 0 amide bonds. The molecule has 0 aromatic carbocycles. The van der Waals surface area contributed by atoms with Crippen molar-refractivity contribution in [3.8, 4) is 0 Å². The molecule has 1 aliphatic carbocycles. The van der Waals surface area contributed by atoms with Crippen molar-refractivity contribution in [3.63, 3.8) is 0 Å². The van der Waals surface area contributed by atoms with Gasteiger partial charge in [-0.3, -0.25) is 4.90 Å². The van der Waals surface area contributed by atoms with Crippen molar-refractivity contribution in [1.29, 1.82) is 0 Å². The van der Waals surface area contributed by atoms with Crippen molar-refractivity contribution in [2.24, 2.45) is 5.92 Å². The lowest BCUT2D eigenvalue weighted by atomic mass is 9.78. The van der Waals surface area contributed by atoms with Crippen LogP contribution in [-0.2, 0) is 0 Å². The van der Waals surface area contributed by atoms with Crippen LogP contribution in [0.3, 0.4) is 0 Å². The van der Waals surface area contributed by atoms with Crippen LogP contribution in [0, 0.1) is 5.92 Å². The van der Waals surface area contributed by atoms with Gasteiger partial charge in [0.2, 0.25) is 0 Å². The van der Waals surface area contributed by atoms with E-state index in [1.54, 1.807) is 0 Å². The fourth-order valence-electron chi connectivity index (χ4n) is 3.83. The Morgan fingerprint density at radius 1 is 1.28 bits per heavy atom. The number of hydrogen-bond donors (Lipinski definition) is 1. The van der Waals surface area contributed by atoms with E-state index in [1.165, 1.54) is 38.5 Å². The van der Waals surface area contributed by atoms with Crippen LogP contribution in [0.25, 0.3) is 0 Å². The Balaban J connectivity index is 1.99. The summed E-state index contributed by atoms with van der Waals surface area (Å²) in [4.78, 5) is 2.47. The molecule has 18 heavy (non-hydrogen) atoms. The first-order valence-corrected chi connectivity index (χ1v) is 7.71. The van der Waals surface area contributed by atoms with Gasteiger partial charge in [0.05, 0.1) is 0 Å². The fourth-order valence-corrected chi connectivity index (χ4v) is 3.83. The molecule has 1 N–H and O–H groups in total. The lowest BCUT2D eigenvalue weighted by molar-refractivity contribution is 0.00304. The van der Waals surface area contributed by atoms with E-state index in [-0.39, 0.29) is 12.2 Å². The molecular formula is C15H29FN2. The number of rotatable bonds is 4. The molecule has 1 atom stereocenters. The number of nitrogens with zero attached hydrogens (tertiary/aromatic N) is 1. The highest BCUT2D eigenvalue weighted by atomic mass is 19.1. The molecule has 1 saturated carbocycles. The first kappa shape index (κ1) is 14.3. The van der Waals surface area contributed by atoms with Crippen molar-refractivity contribution < 1.29 is 4.39 Å². The highest BCUT2D eigenvalue weighted by molar-refractivity contribution is 5.00. The van der Waals surface area contributed by atoms with E-state index in [2.05, 4.69) is 24.1 Å². The molecule has 0 aromatic rings. The molecule has 106 valence electrons. The monoisotopic (exact) mass is 256 g/mol. The zero-order valence-corrected chi connectivity index (χ0v) is 12.1. The summed E-state index contributed by atoms with van der Waals surface area (Å²) in [5, 5.41) is 3.74. The largest absolute Gasteiger partial charge is 0.311 e. The van der Waals surface area contributed by atoms with Gasteiger partial charge in [0.15, 0.2) is 0 Å². The van der Waals surface area contributed by atoms with E-state index in [9.17, 15) is 4.39 Å². The van der Waals surface area contributed by atoms with E-state index in [0.29, 0.717) is 12.6 Å². The summed E-state index contributed by atoms with van der Waals surface area (Å²) in [5.41, 5.74) is 0.276. The van der Waals surface area contributed by atoms with E-state index in [0.717, 1.165) is 19.0 Å². The maximum Gasteiger partial charge on any atom is 0.102 e. The maximum atomic E-state index is 12.8. The predicted molar refractivity (Wildman–Crippen MR) is 74.6 cm³/mol. The van der Waals surface area contributed by atoms with Gasteiger partial charge in [-0.15, -0.1) is 0 Å². The molecular weight excluding hydrogens is 227 g/mol. The second-order valence-corrected chi connectivity index (χ2v) is 6.63. The Morgan fingerprint density at radius 2 is 2.00 bits per heavy atom. The lowest BCUT2D eigenvalue weighted by Gasteiger charge is -2.52. The third-order valence-corrected chi connectivity index (χ3v) is 4.73. The van der Waals surface area contributed by atoms with Gasteiger partial charge in [-0.1, -0.05) is 33.1 Å². The lowest BCUT2D eigenvalue weighted by Crippen LogP contribution is -2.65. The molecule has 1 aliphatic heterocycles. The normalized spacial score (nSPS) is 29.0. The van der Waals surface area contributed by atoms with E-state index >= 15 is 0 Å². The van der Waals surface area contributed by atoms with Crippen LogP contribution >= 0.6 is 0 Å². The van der Waals surface area contributed by atoms with Gasteiger partial charge in [-0.25, -0.2) is 4.39 Å². The molecule has 1 saturated heterocycles. The summed E-state index contributed by atoms with van der Waals surface area (Å²) in [6.07, 6.45) is 7.72. The molecule has 1 unspecified atom stereocenters. The minimum absolute atomic E-state index is 0.198. The van der Waals surface area contributed by atoms with E-state index in [4.69, 9.17) is 0 Å². The predicted octanol–water partition coefficient (Wildman–Crippen LogP) is 2.98. The maximum absolute atomic E-state index is 12.8. The molecule has 2 aliphatic rings. The van der Waals surface area contributed by atoms with Crippen molar-refractivity contribution in [3.05, 3.63) is 0 Å². The van der Waals surface area contributed by atoms with Gasteiger partial charge in [0, 0.05) is 31.2 Å². The number of alkyl halides is 1. The molecule has 2 fully saturated rings. The molecule has 2 nitrogen and oxygen atoms in total. The molecule has 0 aromatic heterocycles. The van der Waals surface area contributed by atoms with Crippen molar-refractivity contribution in [2.45, 2.75) is 64.0 Å². The topological polar surface area (TPSA) is 15.3 Å². The van der Waals surface area contributed by atoms with Gasteiger partial charge in [0.25, 0.3) is 0 Å².